The molecule has 3 N–H and O–H groups in total. The SMILES string of the molecule is CC(=O)N1CCCN(CCCCC(=O)NN)CC1. The lowest BCUT2D eigenvalue weighted by Gasteiger charge is -2.20. The molecule has 1 aliphatic rings. The third kappa shape index (κ3) is 5.46. The zero-order valence-corrected chi connectivity index (χ0v) is 11.2. The fourth-order valence-corrected chi connectivity index (χ4v) is 2.20. The summed E-state index contributed by atoms with van der Waals surface area (Å²) in [5.74, 6) is 5.07. The molecule has 0 aliphatic carbocycles. The Bertz CT molecular complexity index is 283. The summed E-state index contributed by atoms with van der Waals surface area (Å²) in [6, 6.07) is 0. The van der Waals surface area contributed by atoms with Crippen LogP contribution >= 0.6 is 0 Å². The van der Waals surface area contributed by atoms with E-state index in [1.165, 1.54) is 0 Å². The molecule has 104 valence electrons. The van der Waals surface area contributed by atoms with Crippen molar-refractivity contribution in [1.29, 1.82) is 0 Å². The third-order valence-corrected chi connectivity index (χ3v) is 3.32. The Morgan fingerprint density at radius 1 is 1.17 bits per heavy atom. The van der Waals surface area contributed by atoms with Crippen molar-refractivity contribution in [1.82, 2.24) is 15.2 Å². The van der Waals surface area contributed by atoms with Gasteiger partial charge in [-0.25, -0.2) is 5.84 Å². The molecule has 1 fully saturated rings. The maximum atomic E-state index is 11.3. The number of nitrogens with zero attached hydrogens (tertiary/aromatic N) is 2. The topological polar surface area (TPSA) is 78.7 Å². The fraction of sp³-hybridized carbons (Fsp3) is 0.833. The van der Waals surface area contributed by atoms with E-state index in [1.54, 1.807) is 6.92 Å². The number of rotatable bonds is 5. The van der Waals surface area contributed by atoms with Crippen LogP contribution in [0.1, 0.15) is 32.6 Å². The molecule has 2 amide bonds. The highest BCUT2D eigenvalue weighted by atomic mass is 16.2. The summed E-state index contributed by atoms with van der Waals surface area (Å²) in [7, 11) is 0. The van der Waals surface area contributed by atoms with E-state index in [-0.39, 0.29) is 11.8 Å². The molecule has 0 spiro atoms. The van der Waals surface area contributed by atoms with E-state index < -0.39 is 0 Å². The van der Waals surface area contributed by atoms with Gasteiger partial charge >= 0.3 is 0 Å². The van der Waals surface area contributed by atoms with E-state index in [1.807, 2.05) is 4.90 Å². The van der Waals surface area contributed by atoms with E-state index in [2.05, 4.69) is 10.3 Å². The lowest BCUT2D eigenvalue weighted by Crippen LogP contribution is -2.34. The van der Waals surface area contributed by atoms with E-state index >= 15 is 0 Å². The summed E-state index contributed by atoms with van der Waals surface area (Å²) in [6.45, 7) is 6.26. The largest absolute Gasteiger partial charge is 0.342 e. The molecule has 0 radical (unpaired) electrons. The smallest absolute Gasteiger partial charge is 0.233 e. The highest BCUT2D eigenvalue weighted by molar-refractivity contribution is 5.75. The van der Waals surface area contributed by atoms with Crippen molar-refractivity contribution in [3.8, 4) is 0 Å². The minimum Gasteiger partial charge on any atom is -0.342 e. The van der Waals surface area contributed by atoms with Crippen LogP contribution in [0, 0.1) is 0 Å². The second-order valence-corrected chi connectivity index (χ2v) is 4.73. The first-order valence-electron chi connectivity index (χ1n) is 6.61. The zero-order chi connectivity index (χ0) is 13.4. The van der Waals surface area contributed by atoms with Crippen molar-refractivity contribution in [2.75, 3.05) is 32.7 Å². The van der Waals surface area contributed by atoms with E-state index in [0.717, 1.165) is 52.0 Å². The van der Waals surface area contributed by atoms with Crippen molar-refractivity contribution in [2.45, 2.75) is 32.6 Å². The summed E-state index contributed by atoms with van der Waals surface area (Å²) >= 11 is 0. The Kier molecular flexibility index (Phi) is 6.67. The van der Waals surface area contributed by atoms with Gasteiger partial charge < -0.3 is 9.80 Å². The van der Waals surface area contributed by atoms with E-state index in [9.17, 15) is 9.59 Å². The highest BCUT2D eigenvalue weighted by Crippen LogP contribution is 2.05. The van der Waals surface area contributed by atoms with Gasteiger partial charge in [-0.05, 0) is 32.4 Å². The van der Waals surface area contributed by atoms with E-state index in [0.29, 0.717) is 6.42 Å². The van der Waals surface area contributed by atoms with Gasteiger partial charge in [0, 0.05) is 33.0 Å². The predicted octanol–water partition coefficient (Wildman–Crippen LogP) is -0.299. The van der Waals surface area contributed by atoms with Gasteiger partial charge in [0.2, 0.25) is 11.8 Å². The Balaban J connectivity index is 2.15. The molecular formula is C12H24N4O2. The molecule has 0 unspecified atom stereocenters. The monoisotopic (exact) mass is 256 g/mol. The highest BCUT2D eigenvalue weighted by Gasteiger charge is 2.15. The number of nitrogens with two attached hydrogens (primary N) is 1. The molecule has 6 nitrogen and oxygen atoms in total. The summed E-state index contributed by atoms with van der Waals surface area (Å²) in [5, 5.41) is 0. The quantitative estimate of drug-likeness (QED) is 0.306. The van der Waals surface area contributed by atoms with Crippen LogP contribution in [0.25, 0.3) is 0 Å². The normalized spacial score (nSPS) is 17.3. The molecule has 0 aromatic rings. The van der Waals surface area contributed by atoms with Gasteiger partial charge in [-0.2, -0.15) is 0 Å². The zero-order valence-electron chi connectivity index (χ0n) is 11.2. The fourth-order valence-electron chi connectivity index (χ4n) is 2.20. The maximum Gasteiger partial charge on any atom is 0.233 e. The van der Waals surface area contributed by atoms with E-state index in [4.69, 9.17) is 5.84 Å². The molecule has 0 atom stereocenters. The molecule has 1 rings (SSSR count). The van der Waals surface area contributed by atoms with Crippen LogP contribution < -0.4 is 11.3 Å². The first-order chi connectivity index (χ1) is 8.63. The van der Waals surface area contributed by atoms with Crippen LogP contribution in [-0.2, 0) is 9.59 Å². The lowest BCUT2D eigenvalue weighted by molar-refractivity contribution is -0.128. The maximum absolute atomic E-state index is 11.3. The molecule has 18 heavy (non-hydrogen) atoms. The lowest BCUT2D eigenvalue weighted by atomic mass is 10.2. The van der Waals surface area contributed by atoms with Gasteiger partial charge in [-0.3, -0.25) is 15.0 Å². The Morgan fingerprint density at radius 2 is 1.94 bits per heavy atom. The van der Waals surface area contributed by atoms with Crippen LogP contribution in [0.5, 0.6) is 0 Å². The molecule has 0 aromatic heterocycles. The Labute approximate surface area is 108 Å². The predicted molar refractivity (Wildman–Crippen MR) is 69.5 cm³/mol. The van der Waals surface area contributed by atoms with Crippen molar-refractivity contribution in [3.63, 3.8) is 0 Å². The molecular weight excluding hydrogens is 232 g/mol. The van der Waals surface area contributed by atoms with Crippen LogP contribution in [0.3, 0.4) is 0 Å². The summed E-state index contributed by atoms with van der Waals surface area (Å²) < 4.78 is 0. The number of hydrogen-bond donors (Lipinski definition) is 2. The van der Waals surface area contributed by atoms with Crippen LogP contribution in [0.4, 0.5) is 0 Å². The third-order valence-electron chi connectivity index (χ3n) is 3.32. The molecule has 6 heteroatoms. The number of amides is 2. The number of hydrogen-bond acceptors (Lipinski definition) is 4. The first kappa shape index (κ1) is 14.9. The summed E-state index contributed by atoms with van der Waals surface area (Å²) in [5.41, 5.74) is 2.13. The number of unbranched alkanes of at least 4 members (excludes halogenated alkanes) is 1. The van der Waals surface area contributed by atoms with Crippen LogP contribution in [0.15, 0.2) is 0 Å². The molecule has 1 heterocycles. The van der Waals surface area contributed by atoms with Gasteiger partial charge in [0.15, 0.2) is 0 Å². The van der Waals surface area contributed by atoms with Crippen molar-refractivity contribution < 1.29 is 9.59 Å². The second-order valence-electron chi connectivity index (χ2n) is 4.73. The van der Waals surface area contributed by atoms with Gasteiger partial charge in [-0.15, -0.1) is 0 Å². The average Bonchev–Trinajstić information content (AvgIpc) is 2.59. The average molecular weight is 256 g/mol. The number of carbonyl (C=O) groups is 2. The first-order valence-corrected chi connectivity index (χ1v) is 6.61. The van der Waals surface area contributed by atoms with Gasteiger partial charge in [0.1, 0.15) is 0 Å². The number of hydrazine groups is 1. The standard InChI is InChI=1S/C12H24N4O2/c1-11(17)16-8-4-7-15(9-10-16)6-3-2-5-12(18)14-13/h2-10,13H2,1H3,(H,14,18). The van der Waals surface area contributed by atoms with Crippen molar-refractivity contribution in [2.24, 2.45) is 5.84 Å². The molecule has 1 aliphatic heterocycles. The summed E-state index contributed by atoms with van der Waals surface area (Å²) in [6.07, 6.45) is 3.37. The minimum absolute atomic E-state index is 0.103. The van der Waals surface area contributed by atoms with Crippen LogP contribution in [0.2, 0.25) is 0 Å². The molecule has 1 saturated heterocycles. The van der Waals surface area contributed by atoms with Gasteiger partial charge in [-0.1, -0.05) is 0 Å². The minimum atomic E-state index is -0.103. The number of carbonyl (C=O) groups excluding carboxylic acids is 2. The Hall–Kier alpha value is -1.14. The Morgan fingerprint density at radius 3 is 2.61 bits per heavy atom. The van der Waals surface area contributed by atoms with Gasteiger partial charge in [0.05, 0.1) is 0 Å². The summed E-state index contributed by atoms with van der Waals surface area (Å²) in [4.78, 5) is 26.5. The molecule has 0 saturated carbocycles. The molecule has 0 aromatic carbocycles. The van der Waals surface area contributed by atoms with Crippen molar-refractivity contribution in [3.05, 3.63) is 0 Å². The van der Waals surface area contributed by atoms with Crippen LogP contribution in [-0.4, -0.2) is 54.3 Å². The second kappa shape index (κ2) is 8.05. The van der Waals surface area contributed by atoms with Gasteiger partial charge in [0.25, 0.3) is 0 Å². The molecule has 0 bridgehead atoms. The van der Waals surface area contributed by atoms with Crippen molar-refractivity contribution >= 4 is 11.8 Å². The number of nitrogens with one attached hydrogen (secondary N) is 1.